The van der Waals surface area contributed by atoms with Crippen LogP contribution in [0.1, 0.15) is 20.3 Å². The van der Waals surface area contributed by atoms with Gasteiger partial charge in [0.25, 0.3) is 0 Å². The quantitative estimate of drug-likeness (QED) is 0.496. The Kier molecular flexibility index (Phi) is 7.58. The lowest BCUT2D eigenvalue weighted by Gasteiger charge is -2.12. The fraction of sp³-hybridized carbons (Fsp3) is 0.545. The summed E-state index contributed by atoms with van der Waals surface area (Å²) in [4.78, 5) is 10.3. The fourth-order valence-electron chi connectivity index (χ4n) is 0.956. The number of hydrogen-bond donors (Lipinski definition) is 1. The molecule has 0 amide bonds. The van der Waals surface area contributed by atoms with Gasteiger partial charge < -0.3 is 14.6 Å². The maximum absolute atomic E-state index is 10.3. The second-order valence-corrected chi connectivity index (χ2v) is 2.87. The predicted octanol–water partition coefficient (Wildman–Crippen LogP) is 1.97. The average molecular weight is 214 g/mol. The van der Waals surface area contributed by atoms with Crippen LogP contribution in [0.4, 0.5) is 0 Å². The van der Waals surface area contributed by atoms with E-state index in [-0.39, 0.29) is 6.42 Å². The van der Waals surface area contributed by atoms with Crippen LogP contribution in [0, 0.1) is 0 Å². The van der Waals surface area contributed by atoms with Gasteiger partial charge in [0.2, 0.25) is 0 Å². The monoisotopic (exact) mass is 214 g/mol. The number of ether oxygens (including phenoxy) is 2. The van der Waals surface area contributed by atoms with Crippen LogP contribution in [0.5, 0.6) is 0 Å². The minimum absolute atomic E-state index is 0.0680. The van der Waals surface area contributed by atoms with Crippen LogP contribution in [0.25, 0.3) is 0 Å². The number of carboxylic acids is 1. The Balaban J connectivity index is 4.07. The summed E-state index contributed by atoms with van der Waals surface area (Å²) in [7, 11) is 0. The highest BCUT2D eigenvalue weighted by atomic mass is 16.7. The third-order valence-electron chi connectivity index (χ3n) is 1.53. The maximum Gasteiger partial charge on any atom is 0.307 e. The van der Waals surface area contributed by atoms with Gasteiger partial charge >= 0.3 is 5.97 Å². The highest BCUT2D eigenvalue weighted by molar-refractivity contribution is 5.70. The second-order valence-electron chi connectivity index (χ2n) is 2.87. The van der Waals surface area contributed by atoms with E-state index in [1.807, 2.05) is 13.8 Å². The summed E-state index contributed by atoms with van der Waals surface area (Å²) in [5, 5.41) is 8.50. The summed E-state index contributed by atoms with van der Waals surface area (Å²) >= 11 is 0. The zero-order valence-electron chi connectivity index (χ0n) is 9.23. The van der Waals surface area contributed by atoms with Crippen molar-refractivity contribution in [1.82, 2.24) is 0 Å². The van der Waals surface area contributed by atoms with Crippen LogP contribution < -0.4 is 0 Å². The van der Waals surface area contributed by atoms with Gasteiger partial charge in [0.05, 0.1) is 6.42 Å². The zero-order valence-corrected chi connectivity index (χ0v) is 9.23. The molecule has 4 heteroatoms. The van der Waals surface area contributed by atoms with Crippen molar-refractivity contribution in [2.24, 2.45) is 0 Å². The molecular formula is C11H18O4. The van der Waals surface area contributed by atoms with Crippen LogP contribution in [0.3, 0.4) is 0 Å². The van der Waals surface area contributed by atoms with Gasteiger partial charge in [0, 0.05) is 13.2 Å². The molecule has 0 spiro atoms. The average Bonchev–Trinajstić information content (AvgIpc) is 2.14. The molecular weight excluding hydrogens is 196 g/mol. The molecule has 86 valence electrons. The van der Waals surface area contributed by atoms with Crippen LogP contribution in [-0.2, 0) is 14.3 Å². The van der Waals surface area contributed by atoms with E-state index in [2.05, 4.69) is 6.58 Å². The third-order valence-corrected chi connectivity index (χ3v) is 1.53. The number of rotatable bonds is 8. The van der Waals surface area contributed by atoms with Crippen molar-refractivity contribution in [1.29, 1.82) is 0 Å². The molecule has 0 bridgehead atoms. The van der Waals surface area contributed by atoms with Gasteiger partial charge in [-0.1, -0.05) is 12.7 Å². The van der Waals surface area contributed by atoms with E-state index in [0.717, 1.165) is 0 Å². The molecule has 0 fully saturated rings. The highest BCUT2D eigenvalue weighted by Crippen LogP contribution is 2.04. The molecule has 15 heavy (non-hydrogen) atoms. The Hall–Kier alpha value is -1.13. The molecule has 0 aliphatic heterocycles. The van der Waals surface area contributed by atoms with Crippen molar-refractivity contribution in [3.8, 4) is 0 Å². The Morgan fingerprint density at radius 3 is 2.33 bits per heavy atom. The molecule has 1 N–H and O–H groups in total. The maximum atomic E-state index is 10.3. The summed E-state index contributed by atoms with van der Waals surface area (Å²) in [6.45, 7) is 8.43. The van der Waals surface area contributed by atoms with Crippen molar-refractivity contribution in [2.45, 2.75) is 26.6 Å². The van der Waals surface area contributed by atoms with Gasteiger partial charge in [-0.3, -0.25) is 4.79 Å². The van der Waals surface area contributed by atoms with Crippen LogP contribution >= 0.6 is 0 Å². The third kappa shape index (κ3) is 7.90. The van der Waals surface area contributed by atoms with E-state index in [1.54, 1.807) is 12.2 Å². The molecule has 0 aromatic heterocycles. The highest BCUT2D eigenvalue weighted by Gasteiger charge is 2.03. The number of aliphatic carboxylic acids is 1. The first-order valence-corrected chi connectivity index (χ1v) is 4.91. The molecule has 0 saturated carbocycles. The lowest BCUT2D eigenvalue weighted by molar-refractivity contribution is -0.136. The standard InChI is InChI=1S/C11H18O4/c1-4-14-11(15-5-2)7-6-9(3)8-10(12)13/h6-7,11H,3-5,8H2,1-2H3,(H,12,13)/b7-6+. The molecule has 0 aliphatic carbocycles. The smallest absolute Gasteiger partial charge is 0.307 e. The van der Waals surface area contributed by atoms with E-state index in [4.69, 9.17) is 14.6 Å². The molecule has 0 unspecified atom stereocenters. The van der Waals surface area contributed by atoms with Gasteiger partial charge in [-0.2, -0.15) is 0 Å². The molecule has 0 aromatic rings. The topological polar surface area (TPSA) is 55.8 Å². The first kappa shape index (κ1) is 13.9. The first-order chi connectivity index (χ1) is 7.10. The summed E-state index contributed by atoms with van der Waals surface area (Å²) in [5.41, 5.74) is 0.520. The molecule has 0 rings (SSSR count). The van der Waals surface area contributed by atoms with E-state index < -0.39 is 12.3 Å². The van der Waals surface area contributed by atoms with E-state index >= 15 is 0 Å². The Labute approximate surface area is 90.2 Å². The molecule has 0 aliphatic rings. The van der Waals surface area contributed by atoms with Crippen LogP contribution in [0.2, 0.25) is 0 Å². The SMILES string of the molecule is C=C(/C=C/C(OCC)OCC)CC(=O)O. The van der Waals surface area contributed by atoms with Gasteiger partial charge in [-0.15, -0.1) is 0 Å². The van der Waals surface area contributed by atoms with Crippen LogP contribution in [-0.4, -0.2) is 30.6 Å². The number of carbonyl (C=O) groups is 1. The summed E-state index contributed by atoms with van der Waals surface area (Å²) in [6.07, 6.45) is 2.79. The van der Waals surface area contributed by atoms with E-state index in [1.165, 1.54) is 0 Å². The van der Waals surface area contributed by atoms with Gasteiger partial charge in [-0.25, -0.2) is 0 Å². The Morgan fingerprint density at radius 1 is 1.40 bits per heavy atom. The lowest BCUT2D eigenvalue weighted by atomic mass is 10.2. The second kappa shape index (κ2) is 8.20. The van der Waals surface area contributed by atoms with Gasteiger partial charge in [-0.05, 0) is 25.5 Å². The minimum atomic E-state index is -0.894. The van der Waals surface area contributed by atoms with Crippen molar-refractivity contribution < 1.29 is 19.4 Å². The molecule has 0 atom stereocenters. The fourth-order valence-corrected chi connectivity index (χ4v) is 0.956. The number of allylic oxidation sites excluding steroid dienone is 1. The first-order valence-electron chi connectivity index (χ1n) is 4.91. The molecule has 0 aromatic carbocycles. The normalized spacial score (nSPS) is 11.1. The molecule has 0 radical (unpaired) electrons. The van der Waals surface area contributed by atoms with Gasteiger partial charge in [0.15, 0.2) is 6.29 Å². The lowest BCUT2D eigenvalue weighted by Crippen LogP contribution is -2.14. The van der Waals surface area contributed by atoms with Crippen molar-refractivity contribution >= 4 is 5.97 Å². The van der Waals surface area contributed by atoms with E-state index in [0.29, 0.717) is 18.8 Å². The number of hydrogen-bond acceptors (Lipinski definition) is 3. The van der Waals surface area contributed by atoms with Crippen molar-refractivity contribution in [3.05, 3.63) is 24.3 Å². The molecule has 0 heterocycles. The summed E-state index contributed by atoms with van der Waals surface area (Å²) < 4.78 is 10.5. The Bertz CT molecular complexity index is 227. The van der Waals surface area contributed by atoms with Crippen molar-refractivity contribution in [3.63, 3.8) is 0 Å². The molecule has 0 saturated heterocycles. The summed E-state index contributed by atoms with van der Waals surface area (Å²) in [5.74, 6) is -0.894. The van der Waals surface area contributed by atoms with Crippen molar-refractivity contribution in [2.75, 3.05) is 13.2 Å². The van der Waals surface area contributed by atoms with Crippen LogP contribution in [0.15, 0.2) is 24.3 Å². The molecule has 4 nitrogen and oxygen atoms in total. The zero-order chi connectivity index (χ0) is 11.7. The predicted molar refractivity (Wildman–Crippen MR) is 57.6 cm³/mol. The minimum Gasteiger partial charge on any atom is -0.481 e. The van der Waals surface area contributed by atoms with Gasteiger partial charge in [0.1, 0.15) is 0 Å². The largest absolute Gasteiger partial charge is 0.481 e. The summed E-state index contributed by atoms with van der Waals surface area (Å²) in [6, 6.07) is 0. The Morgan fingerprint density at radius 2 is 1.93 bits per heavy atom. The number of carboxylic acid groups (broad SMARTS) is 1. The van der Waals surface area contributed by atoms with E-state index in [9.17, 15) is 4.79 Å².